The molecule has 1 aromatic heterocycles. The number of nitrogens with two attached hydrogens (primary N) is 1. The van der Waals surface area contributed by atoms with E-state index >= 15 is 0 Å². The van der Waals surface area contributed by atoms with Gasteiger partial charge in [-0.3, -0.25) is 4.68 Å². The van der Waals surface area contributed by atoms with Gasteiger partial charge in [-0.1, -0.05) is 12.1 Å². The van der Waals surface area contributed by atoms with Crippen LogP contribution in [0, 0.1) is 0 Å². The number of aromatic nitrogens is 2. The highest BCUT2D eigenvalue weighted by Crippen LogP contribution is 2.23. The molecule has 1 atom stereocenters. The Labute approximate surface area is 187 Å². The molecule has 2 aliphatic heterocycles. The topological polar surface area (TPSA) is 108 Å². The molecule has 32 heavy (non-hydrogen) atoms. The van der Waals surface area contributed by atoms with Gasteiger partial charge in [0.05, 0.1) is 45.0 Å². The van der Waals surface area contributed by atoms with Gasteiger partial charge in [0, 0.05) is 42.9 Å². The van der Waals surface area contributed by atoms with E-state index in [0.29, 0.717) is 38.3 Å². The molecule has 0 spiro atoms. The zero-order valence-corrected chi connectivity index (χ0v) is 18.3. The number of hydrogen-bond donors (Lipinski definition) is 2. The van der Waals surface area contributed by atoms with Gasteiger partial charge in [0.25, 0.3) is 0 Å². The van der Waals surface area contributed by atoms with Crippen LogP contribution in [-0.4, -0.2) is 55.5 Å². The normalized spacial score (nSPS) is 21.6. The van der Waals surface area contributed by atoms with Gasteiger partial charge in [-0.05, 0) is 29.7 Å². The van der Waals surface area contributed by atoms with E-state index in [2.05, 4.69) is 15.4 Å². The van der Waals surface area contributed by atoms with Crippen molar-refractivity contribution in [3.8, 4) is 5.75 Å². The highest BCUT2D eigenvalue weighted by atomic mass is 16.5. The molecule has 2 aromatic rings. The largest absolute Gasteiger partial charge is 0.497 e. The Hall–Kier alpha value is -3.43. The lowest BCUT2D eigenvalue weighted by Crippen LogP contribution is -2.27. The molecule has 168 valence electrons. The zero-order valence-electron chi connectivity index (χ0n) is 18.3. The number of nitrogens with zero attached hydrogens (tertiary/aromatic N) is 4. The van der Waals surface area contributed by atoms with Gasteiger partial charge in [-0.15, -0.1) is 0 Å². The van der Waals surface area contributed by atoms with Gasteiger partial charge >= 0.3 is 0 Å². The highest BCUT2D eigenvalue weighted by Gasteiger charge is 2.18. The number of aliphatic imine (C=N–C) groups is 2. The second-order valence-corrected chi connectivity index (χ2v) is 7.44. The van der Waals surface area contributed by atoms with E-state index in [1.165, 1.54) is 0 Å². The van der Waals surface area contributed by atoms with Crippen LogP contribution in [-0.2, 0) is 16.0 Å². The van der Waals surface area contributed by atoms with E-state index < -0.39 is 0 Å². The third-order valence-electron chi connectivity index (χ3n) is 5.30. The molecule has 3 heterocycles. The summed E-state index contributed by atoms with van der Waals surface area (Å²) in [6, 6.07) is 7.93. The van der Waals surface area contributed by atoms with Crippen LogP contribution in [0.1, 0.15) is 24.0 Å². The monoisotopic (exact) mass is 436 g/mol. The molecule has 0 saturated carbocycles. The minimum atomic E-state index is -0.381. The smallest absolute Gasteiger partial charge is 0.224 e. The Morgan fingerprint density at radius 3 is 2.78 bits per heavy atom. The van der Waals surface area contributed by atoms with Crippen molar-refractivity contribution in [3.63, 3.8) is 0 Å². The summed E-state index contributed by atoms with van der Waals surface area (Å²) in [5.74, 6) is 0.831. The van der Waals surface area contributed by atoms with Gasteiger partial charge < -0.3 is 25.3 Å². The number of methoxy groups -OCH3 is 2. The van der Waals surface area contributed by atoms with Gasteiger partial charge in [-0.2, -0.15) is 5.10 Å². The third kappa shape index (κ3) is 5.24. The average molecular weight is 437 g/mol. The molecule has 0 aliphatic carbocycles. The Bertz CT molecular complexity index is 1050. The Balaban J connectivity index is 1.56. The lowest BCUT2D eigenvalue weighted by molar-refractivity contribution is 0.0927. The molecule has 1 aromatic carbocycles. The summed E-state index contributed by atoms with van der Waals surface area (Å²) in [6.45, 7) is 1.85. The van der Waals surface area contributed by atoms with E-state index in [4.69, 9.17) is 24.9 Å². The molecule has 1 fully saturated rings. The minimum absolute atomic E-state index is 0.381. The number of allylic oxidation sites excluding steroid dienone is 1. The fourth-order valence-electron chi connectivity index (χ4n) is 3.56. The van der Waals surface area contributed by atoms with Gasteiger partial charge in [0.2, 0.25) is 6.35 Å². The first-order chi connectivity index (χ1) is 15.7. The fraction of sp³-hybridized carbons (Fsp3) is 0.348. The summed E-state index contributed by atoms with van der Waals surface area (Å²) in [5, 5.41) is 7.54. The number of hydrogen-bond acceptors (Lipinski definition) is 8. The molecule has 0 radical (unpaired) electrons. The lowest BCUT2D eigenvalue weighted by Gasteiger charge is -2.16. The van der Waals surface area contributed by atoms with Crippen molar-refractivity contribution >= 4 is 17.6 Å². The number of ether oxygens (including phenoxy) is 3. The highest BCUT2D eigenvalue weighted by molar-refractivity contribution is 6.07. The number of benzene rings is 1. The van der Waals surface area contributed by atoms with Crippen LogP contribution >= 0.6 is 0 Å². The molecular formula is C23H28N6O3. The average Bonchev–Trinajstić information content (AvgIpc) is 3.17. The first-order valence-electron chi connectivity index (χ1n) is 10.5. The number of nitrogens with one attached hydrogen (secondary N) is 1. The maximum absolute atomic E-state index is 6.61. The second-order valence-electron chi connectivity index (χ2n) is 7.44. The van der Waals surface area contributed by atoms with Crippen LogP contribution in [0.25, 0.3) is 5.70 Å². The summed E-state index contributed by atoms with van der Waals surface area (Å²) in [6.07, 6.45) is 8.23. The van der Waals surface area contributed by atoms with Crippen molar-refractivity contribution in [2.45, 2.75) is 25.7 Å². The molecule has 0 bridgehead atoms. The first-order valence-corrected chi connectivity index (χ1v) is 10.5. The molecule has 0 amide bonds. The first kappa shape index (κ1) is 21.8. The maximum atomic E-state index is 6.61. The Morgan fingerprint density at radius 2 is 2.06 bits per heavy atom. The fourth-order valence-corrected chi connectivity index (χ4v) is 3.56. The lowest BCUT2D eigenvalue weighted by atomic mass is 10.0. The molecule has 4 rings (SSSR count). The van der Waals surface area contributed by atoms with Crippen LogP contribution in [0.2, 0.25) is 0 Å². The Morgan fingerprint density at radius 1 is 1.25 bits per heavy atom. The summed E-state index contributed by atoms with van der Waals surface area (Å²) in [7, 11) is 3.25. The van der Waals surface area contributed by atoms with Crippen molar-refractivity contribution in [1.82, 2.24) is 15.1 Å². The van der Waals surface area contributed by atoms with Gasteiger partial charge in [0.1, 0.15) is 5.75 Å². The van der Waals surface area contributed by atoms with E-state index in [9.17, 15) is 0 Å². The van der Waals surface area contributed by atoms with Crippen LogP contribution in [0.4, 0.5) is 0 Å². The van der Waals surface area contributed by atoms with Crippen LogP contribution in [0.3, 0.4) is 0 Å². The van der Waals surface area contributed by atoms with Gasteiger partial charge in [0.15, 0.2) is 0 Å². The second kappa shape index (κ2) is 10.3. The minimum Gasteiger partial charge on any atom is -0.497 e. The maximum Gasteiger partial charge on any atom is 0.224 e. The van der Waals surface area contributed by atoms with Crippen LogP contribution in [0.15, 0.2) is 64.1 Å². The molecular weight excluding hydrogens is 408 g/mol. The van der Waals surface area contributed by atoms with E-state index in [1.807, 2.05) is 35.1 Å². The molecule has 3 N–H and O–H groups in total. The summed E-state index contributed by atoms with van der Waals surface area (Å²) < 4.78 is 17.9. The Kier molecular flexibility index (Phi) is 6.98. The third-order valence-corrected chi connectivity index (χ3v) is 5.30. The SMILES string of the molecule is COc1ccc(Cn2cc(C(N)=C3CCOCCC3=NC3=CNC(OC)N=C3)cn2)cc1. The van der Waals surface area contributed by atoms with Crippen molar-refractivity contribution in [2.24, 2.45) is 15.7 Å². The number of rotatable bonds is 6. The van der Waals surface area contributed by atoms with Crippen molar-refractivity contribution in [3.05, 3.63) is 65.3 Å². The molecule has 2 aliphatic rings. The molecule has 1 saturated heterocycles. The van der Waals surface area contributed by atoms with E-state index in [-0.39, 0.29) is 6.35 Å². The molecule has 1 unspecified atom stereocenters. The standard InChI is InChI=1S/C23H28N6O3/c1-30-19-5-3-16(4-6-19)14-29-15-17(11-27-29)22(24)20-7-9-32-10-8-21(20)28-18-12-25-23(31-2)26-13-18/h3-6,11-13,15,23,25H,7-10,14,24H2,1-2H3. The molecule has 9 nitrogen and oxygen atoms in total. The van der Waals surface area contributed by atoms with E-state index in [1.54, 1.807) is 32.8 Å². The van der Waals surface area contributed by atoms with Crippen molar-refractivity contribution in [1.29, 1.82) is 0 Å². The quantitative estimate of drug-likeness (QED) is 0.719. The predicted octanol–water partition coefficient (Wildman–Crippen LogP) is 2.31. The summed E-state index contributed by atoms with van der Waals surface area (Å²) in [4.78, 5) is 9.06. The van der Waals surface area contributed by atoms with Crippen molar-refractivity contribution < 1.29 is 14.2 Å². The summed E-state index contributed by atoms with van der Waals surface area (Å²) >= 11 is 0. The zero-order chi connectivity index (χ0) is 22.3. The van der Waals surface area contributed by atoms with Crippen LogP contribution in [0.5, 0.6) is 5.75 Å². The molecule has 9 heteroatoms. The predicted molar refractivity (Wildman–Crippen MR) is 123 cm³/mol. The van der Waals surface area contributed by atoms with E-state index in [0.717, 1.165) is 33.9 Å². The summed E-state index contributed by atoms with van der Waals surface area (Å²) in [5.41, 5.74) is 11.9. The van der Waals surface area contributed by atoms with Crippen LogP contribution < -0.4 is 15.8 Å². The van der Waals surface area contributed by atoms with Gasteiger partial charge in [-0.25, -0.2) is 9.98 Å². The van der Waals surface area contributed by atoms with Crippen molar-refractivity contribution in [2.75, 3.05) is 27.4 Å².